The molecule has 1 saturated heterocycles. The largest absolute Gasteiger partial charge is 0.455 e. The number of carbonyl (C=O) groups is 5. The van der Waals surface area contributed by atoms with Gasteiger partial charge in [-0.15, -0.1) is 0 Å². The lowest BCUT2D eigenvalue weighted by atomic mass is 9.98. The van der Waals surface area contributed by atoms with Gasteiger partial charge in [-0.1, -0.05) is 26.3 Å². The van der Waals surface area contributed by atoms with Crippen molar-refractivity contribution >= 4 is 29.7 Å². The highest BCUT2D eigenvalue weighted by molar-refractivity contribution is 5.90. The molecular formula is C31H40F4N2O9. The maximum Gasteiger partial charge on any atom is 0.303 e. The Labute approximate surface area is 264 Å². The highest BCUT2D eigenvalue weighted by Crippen LogP contribution is 2.25. The van der Waals surface area contributed by atoms with Crippen LogP contribution in [0, 0.1) is 29.2 Å². The molecule has 0 bridgehead atoms. The number of esters is 3. The van der Waals surface area contributed by atoms with Gasteiger partial charge in [-0.2, -0.15) is 0 Å². The molecule has 1 aromatic rings. The Morgan fingerprint density at radius 2 is 1.50 bits per heavy atom. The van der Waals surface area contributed by atoms with Crippen LogP contribution in [-0.2, 0) is 49.5 Å². The van der Waals surface area contributed by atoms with Gasteiger partial charge in [0, 0.05) is 46.1 Å². The maximum atomic E-state index is 14.4. The third-order valence-electron chi connectivity index (χ3n) is 7.29. The first-order valence-corrected chi connectivity index (χ1v) is 14.7. The Morgan fingerprint density at radius 3 is 2.02 bits per heavy atom. The molecule has 1 aliphatic heterocycles. The summed E-state index contributed by atoms with van der Waals surface area (Å²) in [7, 11) is 1.09. The SMILES string of the molecule is CCC(C)C=C[C@@H](OC(C)=O)[C@H](OC(C)=O)[C@@H](OC(C)=O)[C@@H](OC)C(=O)NC1CCCCN(Cc2c(F)c(F)cc(F)c2F)C1=O. The normalized spacial score (nSPS) is 18.6. The minimum absolute atomic E-state index is 0.000233. The fourth-order valence-electron chi connectivity index (χ4n) is 4.84. The number of ether oxygens (including phenoxy) is 4. The standard InChI is InChI=1S/C31H40F4N2O9/c1-7-16(2)11-12-24(44-17(3)38)27(45-18(4)39)28(46-19(5)40)29(43-6)30(41)36-23-10-8-9-13-37(31(23)42)15-20-25(34)21(32)14-22(33)26(20)35/h11-12,14,16,23-24,27-29H,7-10,13,15H2,1-6H3,(H,36,41)/t16?,23?,24-,27+,28-,29-/m1/s1. The van der Waals surface area contributed by atoms with Gasteiger partial charge >= 0.3 is 17.9 Å². The molecule has 1 heterocycles. The van der Waals surface area contributed by atoms with Crippen LogP contribution in [0.4, 0.5) is 17.6 Å². The van der Waals surface area contributed by atoms with Gasteiger partial charge in [0.1, 0.15) is 6.04 Å². The van der Waals surface area contributed by atoms with Gasteiger partial charge in [0.25, 0.3) is 5.91 Å². The minimum Gasteiger partial charge on any atom is -0.455 e. The van der Waals surface area contributed by atoms with Crippen LogP contribution in [0.15, 0.2) is 18.2 Å². The molecule has 2 unspecified atom stereocenters. The number of nitrogens with zero attached hydrogens (tertiary/aromatic N) is 1. The van der Waals surface area contributed by atoms with Gasteiger partial charge in [0.2, 0.25) is 5.91 Å². The van der Waals surface area contributed by atoms with E-state index in [9.17, 15) is 41.5 Å². The summed E-state index contributed by atoms with van der Waals surface area (Å²) in [6.45, 7) is 6.12. The van der Waals surface area contributed by atoms with Gasteiger partial charge in [-0.25, -0.2) is 17.6 Å². The number of nitrogens with one attached hydrogen (secondary N) is 1. The van der Waals surface area contributed by atoms with Gasteiger partial charge in [0.05, 0.1) is 6.54 Å². The predicted molar refractivity (Wildman–Crippen MR) is 154 cm³/mol. The van der Waals surface area contributed by atoms with Crippen LogP contribution in [0.5, 0.6) is 0 Å². The van der Waals surface area contributed by atoms with Crippen molar-refractivity contribution in [2.75, 3.05) is 13.7 Å². The molecule has 1 fully saturated rings. The Hall–Kier alpha value is -4.01. The Bertz CT molecular complexity index is 1280. The van der Waals surface area contributed by atoms with Crippen molar-refractivity contribution in [3.63, 3.8) is 0 Å². The van der Waals surface area contributed by atoms with E-state index in [0.717, 1.165) is 32.8 Å². The fourth-order valence-corrected chi connectivity index (χ4v) is 4.84. The van der Waals surface area contributed by atoms with Gasteiger partial charge in [0.15, 0.2) is 47.7 Å². The van der Waals surface area contributed by atoms with E-state index in [2.05, 4.69) is 5.32 Å². The van der Waals surface area contributed by atoms with E-state index >= 15 is 0 Å². The van der Waals surface area contributed by atoms with E-state index in [1.54, 1.807) is 6.08 Å². The topological polar surface area (TPSA) is 138 Å². The smallest absolute Gasteiger partial charge is 0.303 e. The second-order valence-corrected chi connectivity index (χ2v) is 10.9. The summed E-state index contributed by atoms with van der Waals surface area (Å²) in [5.41, 5.74) is -0.992. The summed E-state index contributed by atoms with van der Waals surface area (Å²) in [6.07, 6.45) is -1.76. The van der Waals surface area contributed by atoms with E-state index < -0.39 is 95.6 Å². The van der Waals surface area contributed by atoms with Crippen LogP contribution in [-0.4, -0.2) is 78.7 Å². The van der Waals surface area contributed by atoms with Crippen LogP contribution in [0.25, 0.3) is 0 Å². The lowest BCUT2D eigenvalue weighted by Gasteiger charge is -2.34. The number of amides is 2. The third kappa shape index (κ3) is 10.5. The molecule has 6 atom stereocenters. The fraction of sp³-hybridized carbons (Fsp3) is 0.581. The zero-order valence-electron chi connectivity index (χ0n) is 26.6. The molecule has 0 radical (unpaired) electrons. The number of halogens is 4. The highest BCUT2D eigenvalue weighted by atomic mass is 19.2. The maximum absolute atomic E-state index is 14.4. The first-order chi connectivity index (χ1) is 21.6. The lowest BCUT2D eigenvalue weighted by Crippen LogP contribution is -2.58. The van der Waals surface area contributed by atoms with Crippen molar-refractivity contribution < 1.29 is 60.5 Å². The Kier molecular flexibility index (Phi) is 14.6. The number of hydrogen-bond donors (Lipinski definition) is 1. The molecule has 1 N–H and O–H groups in total. The molecule has 2 rings (SSSR count). The van der Waals surface area contributed by atoms with Crippen LogP contribution < -0.4 is 5.32 Å². The van der Waals surface area contributed by atoms with Crippen LogP contribution >= 0.6 is 0 Å². The number of rotatable bonds is 14. The second-order valence-electron chi connectivity index (χ2n) is 10.9. The highest BCUT2D eigenvalue weighted by Gasteiger charge is 2.45. The van der Waals surface area contributed by atoms with Crippen molar-refractivity contribution in [1.29, 1.82) is 0 Å². The summed E-state index contributed by atoms with van der Waals surface area (Å²) >= 11 is 0. The molecule has 0 spiro atoms. The van der Waals surface area contributed by atoms with Crippen LogP contribution in [0.2, 0.25) is 0 Å². The van der Waals surface area contributed by atoms with Crippen LogP contribution in [0.3, 0.4) is 0 Å². The molecule has 256 valence electrons. The number of carbonyl (C=O) groups excluding carboxylic acids is 5. The number of methoxy groups -OCH3 is 1. The van der Waals surface area contributed by atoms with Gasteiger partial charge < -0.3 is 29.2 Å². The van der Waals surface area contributed by atoms with Crippen molar-refractivity contribution in [3.05, 3.63) is 47.1 Å². The summed E-state index contributed by atoms with van der Waals surface area (Å²) in [5.74, 6) is -10.9. The second kappa shape index (κ2) is 17.6. The average Bonchev–Trinajstić information content (AvgIpc) is 3.14. The lowest BCUT2D eigenvalue weighted by molar-refractivity contribution is -0.192. The molecule has 1 aromatic carbocycles. The molecule has 1 aliphatic rings. The van der Waals surface area contributed by atoms with E-state index in [-0.39, 0.29) is 24.9 Å². The molecule has 11 nitrogen and oxygen atoms in total. The van der Waals surface area contributed by atoms with Crippen molar-refractivity contribution in [2.24, 2.45) is 5.92 Å². The predicted octanol–water partition coefficient (Wildman–Crippen LogP) is 3.65. The van der Waals surface area contributed by atoms with E-state index in [1.807, 2.05) is 13.8 Å². The monoisotopic (exact) mass is 660 g/mol. The average molecular weight is 661 g/mol. The summed E-state index contributed by atoms with van der Waals surface area (Å²) < 4.78 is 78.0. The first-order valence-electron chi connectivity index (χ1n) is 14.7. The zero-order chi connectivity index (χ0) is 34.7. The quantitative estimate of drug-likeness (QED) is 0.104. The van der Waals surface area contributed by atoms with E-state index in [1.165, 1.54) is 6.08 Å². The first kappa shape index (κ1) is 38.2. The number of hydrogen-bond acceptors (Lipinski definition) is 9. The van der Waals surface area contributed by atoms with Gasteiger partial charge in [-0.05, 0) is 31.3 Å². The Morgan fingerprint density at radius 1 is 0.935 bits per heavy atom. The van der Waals surface area contributed by atoms with Crippen molar-refractivity contribution in [3.8, 4) is 0 Å². The van der Waals surface area contributed by atoms with E-state index in [4.69, 9.17) is 18.9 Å². The van der Waals surface area contributed by atoms with E-state index in [0.29, 0.717) is 19.3 Å². The molecular weight excluding hydrogens is 620 g/mol. The minimum atomic E-state index is -1.74. The molecule has 0 aliphatic carbocycles. The summed E-state index contributed by atoms with van der Waals surface area (Å²) in [4.78, 5) is 64.4. The van der Waals surface area contributed by atoms with Crippen molar-refractivity contribution in [2.45, 2.75) is 97.3 Å². The molecule has 2 amide bonds. The van der Waals surface area contributed by atoms with Crippen molar-refractivity contribution in [1.82, 2.24) is 10.2 Å². The van der Waals surface area contributed by atoms with Gasteiger partial charge in [-0.3, -0.25) is 24.0 Å². The molecule has 46 heavy (non-hydrogen) atoms. The number of allylic oxidation sites excluding steroid dienone is 1. The molecule has 0 saturated carbocycles. The molecule has 15 heteroatoms. The molecule has 0 aromatic heterocycles. The van der Waals surface area contributed by atoms with Crippen LogP contribution in [0.1, 0.15) is 65.9 Å². The third-order valence-corrected chi connectivity index (χ3v) is 7.29. The number of likely N-dealkylation sites (tertiary alicyclic amines) is 1. The number of benzene rings is 1. The zero-order valence-corrected chi connectivity index (χ0v) is 26.6. The Balaban J connectivity index is 2.45. The summed E-state index contributed by atoms with van der Waals surface area (Å²) in [5, 5.41) is 2.48. The summed E-state index contributed by atoms with van der Waals surface area (Å²) in [6, 6.07) is -1.24.